The molecule has 1 aromatic heterocycles. The van der Waals surface area contributed by atoms with Gasteiger partial charge in [-0.3, -0.25) is 0 Å². The van der Waals surface area contributed by atoms with Gasteiger partial charge in [-0.2, -0.15) is 5.26 Å². The minimum atomic E-state index is 0.495. The van der Waals surface area contributed by atoms with Crippen LogP contribution in [-0.4, -0.2) is 34.2 Å². The number of rotatable bonds is 10. The molecular weight excluding hydrogens is 432 g/mol. The summed E-state index contributed by atoms with van der Waals surface area (Å²) in [5, 5.41) is 18.9. The van der Waals surface area contributed by atoms with Gasteiger partial charge in [-0.05, 0) is 42.3 Å². The van der Waals surface area contributed by atoms with Crippen molar-refractivity contribution in [2.75, 3.05) is 19.5 Å². The second-order valence-electron chi connectivity index (χ2n) is 7.23. The summed E-state index contributed by atoms with van der Waals surface area (Å²) >= 11 is 1.60. The van der Waals surface area contributed by atoms with E-state index in [9.17, 15) is 0 Å². The first-order valence-electron chi connectivity index (χ1n) is 10.6. The van der Waals surface area contributed by atoms with Gasteiger partial charge in [0.1, 0.15) is 11.5 Å². The van der Waals surface area contributed by atoms with E-state index in [1.54, 1.807) is 31.0 Å². The molecule has 4 rings (SSSR count). The minimum Gasteiger partial charge on any atom is -0.496 e. The Morgan fingerprint density at radius 1 is 0.970 bits per heavy atom. The molecule has 0 aliphatic rings. The van der Waals surface area contributed by atoms with E-state index in [0.717, 1.165) is 35.3 Å². The summed E-state index contributed by atoms with van der Waals surface area (Å²) in [5.41, 5.74) is 2.76. The second kappa shape index (κ2) is 11.2. The fourth-order valence-electron chi connectivity index (χ4n) is 3.46. The van der Waals surface area contributed by atoms with Gasteiger partial charge in [0, 0.05) is 12.3 Å². The van der Waals surface area contributed by atoms with Crippen molar-refractivity contribution >= 4 is 11.8 Å². The number of aromatic nitrogens is 3. The van der Waals surface area contributed by atoms with Crippen LogP contribution < -0.4 is 9.47 Å². The van der Waals surface area contributed by atoms with E-state index in [2.05, 4.69) is 45.1 Å². The number of para-hydroxylation sites is 1. The van der Waals surface area contributed by atoms with E-state index in [1.807, 2.05) is 42.5 Å². The zero-order valence-corrected chi connectivity index (χ0v) is 19.2. The Kier molecular flexibility index (Phi) is 7.62. The molecule has 166 valence electrons. The number of nitrogens with zero attached hydrogens (tertiary/aromatic N) is 4. The number of hydrogen-bond acceptors (Lipinski definition) is 6. The van der Waals surface area contributed by atoms with Gasteiger partial charge < -0.3 is 14.0 Å². The quantitative estimate of drug-likeness (QED) is 0.240. The molecule has 0 atom stereocenters. The second-order valence-corrected chi connectivity index (χ2v) is 8.29. The average molecular weight is 457 g/mol. The number of methoxy groups -OCH3 is 1. The lowest BCUT2D eigenvalue weighted by atomic mass is 10.1. The summed E-state index contributed by atoms with van der Waals surface area (Å²) in [5.74, 6) is 2.94. The third-order valence-electron chi connectivity index (χ3n) is 5.08. The molecule has 0 N–H and O–H groups in total. The molecule has 1 heterocycles. The number of ether oxygens (including phenoxy) is 2. The van der Waals surface area contributed by atoms with Crippen LogP contribution in [0.1, 0.15) is 11.1 Å². The van der Waals surface area contributed by atoms with E-state index >= 15 is 0 Å². The fraction of sp³-hybridized carbons (Fsp3) is 0.192. The Labute approximate surface area is 197 Å². The van der Waals surface area contributed by atoms with E-state index in [4.69, 9.17) is 14.7 Å². The number of hydrogen-bond donors (Lipinski definition) is 0. The van der Waals surface area contributed by atoms with Gasteiger partial charge in [0.15, 0.2) is 11.0 Å². The molecule has 0 saturated heterocycles. The molecule has 0 bridgehead atoms. The molecule has 0 aliphatic heterocycles. The zero-order valence-electron chi connectivity index (χ0n) is 18.3. The van der Waals surface area contributed by atoms with E-state index in [0.29, 0.717) is 23.7 Å². The van der Waals surface area contributed by atoms with Crippen molar-refractivity contribution in [3.8, 4) is 29.0 Å². The molecule has 0 radical (unpaired) electrons. The first-order valence-corrected chi connectivity index (χ1v) is 11.6. The molecule has 6 nitrogen and oxygen atoms in total. The molecule has 4 aromatic rings. The van der Waals surface area contributed by atoms with Crippen LogP contribution >= 0.6 is 11.8 Å². The summed E-state index contributed by atoms with van der Waals surface area (Å²) in [7, 11) is 1.66. The highest BCUT2D eigenvalue weighted by molar-refractivity contribution is 7.99. The molecule has 0 amide bonds. The molecular formula is C26H24N4O2S. The van der Waals surface area contributed by atoms with Gasteiger partial charge in [0.2, 0.25) is 0 Å². The predicted molar refractivity (Wildman–Crippen MR) is 130 cm³/mol. The Bertz CT molecular complexity index is 1230. The molecule has 3 aromatic carbocycles. The van der Waals surface area contributed by atoms with Crippen LogP contribution in [0.4, 0.5) is 0 Å². The number of benzene rings is 3. The van der Waals surface area contributed by atoms with Crippen molar-refractivity contribution < 1.29 is 9.47 Å². The van der Waals surface area contributed by atoms with Gasteiger partial charge in [0.25, 0.3) is 0 Å². The van der Waals surface area contributed by atoms with Crippen LogP contribution in [0.25, 0.3) is 11.4 Å². The van der Waals surface area contributed by atoms with Gasteiger partial charge in [0.05, 0.1) is 30.9 Å². The topological polar surface area (TPSA) is 73.0 Å². The van der Waals surface area contributed by atoms with Crippen molar-refractivity contribution in [1.29, 1.82) is 5.26 Å². The minimum absolute atomic E-state index is 0.495. The third kappa shape index (κ3) is 5.73. The molecule has 0 fully saturated rings. The SMILES string of the molecule is COc1ccccc1-c1nnc(SCCOc2cccc(C#N)c2)n1CCc1ccccc1. The van der Waals surface area contributed by atoms with Crippen LogP contribution in [0.5, 0.6) is 11.5 Å². The van der Waals surface area contributed by atoms with E-state index in [1.165, 1.54) is 5.56 Å². The largest absolute Gasteiger partial charge is 0.496 e. The van der Waals surface area contributed by atoms with Crippen molar-refractivity contribution in [1.82, 2.24) is 14.8 Å². The average Bonchev–Trinajstić information content (AvgIpc) is 3.28. The molecule has 0 spiro atoms. The maximum absolute atomic E-state index is 9.04. The molecule has 33 heavy (non-hydrogen) atoms. The lowest BCUT2D eigenvalue weighted by Gasteiger charge is -2.13. The van der Waals surface area contributed by atoms with Gasteiger partial charge in [-0.25, -0.2) is 0 Å². The monoisotopic (exact) mass is 456 g/mol. The number of thioether (sulfide) groups is 1. The number of aryl methyl sites for hydroxylation is 1. The predicted octanol–water partition coefficient (Wildman–Crippen LogP) is 5.24. The summed E-state index contributed by atoms with van der Waals surface area (Å²) < 4.78 is 13.5. The van der Waals surface area contributed by atoms with Gasteiger partial charge in [-0.15, -0.1) is 10.2 Å². The highest BCUT2D eigenvalue weighted by Gasteiger charge is 2.17. The summed E-state index contributed by atoms with van der Waals surface area (Å²) in [6.07, 6.45) is 0.867. The van der Waals surface area contributed by atoms with Crippen LogP contribution in [-0.2, 0) is 13.0 Å². The van der Waals surface area contributed by atoms with Gasteiger partial charge >= 0.3 is 0 Å². The third-order valence-corrected chi connectivity index (χ3v) is 6.01. The van der Waals surface area contributed by atoms with E-state index < -0.39 is 0 Å². The van der Waals surface area contributed by atoms with Crippen molar-refractivity contribution in [2.45, 2.75) is 18.1 Å². The molecule has 0 unspecified atom stereocenters. The smallest absolute Gasteiger partial charge is 0.191 e. The lowest BCUT2D eigenvalue weighted by Crippen LogP contribution is -2.07. The van der Waals surface area contributed by atoms with Crippen LogP contribution in [0, 0.1) is 11.3 Å². The Balaban J connectivity index is 1.50. The van der Waals surface area contributed by atoms with Crippen molar-refractivity contribution in [3.05, 3.63) is 90.0 Å². The Hall–Kier alpha value is -3.76. The zero-order chi connectivity index (χ0) is 22.9. The van der Waals surface area contributed by atoms with Crippen LogP contribution in [0.2, 0.25) is 0 Å². The van der Waals surface area contributed by atoms with E-state index in [-0.39, 0.29) is 0 Å². The first kappa shape index (κ1) is 22.4. The van der Waals surface area contributed by atoms with Crippen LogP contribution in [0.15, 0.2) is 84.0 Å². The van der Waals surface area contributed by atoms with Crippen LogP contribution in [0.3, 0.4) is 0 Å². The summed E-state index contributed by atoms with van der Waals surface area (Å²) in [4.78, 5) is 0. The lowest BCUT2D eigenvalue weighted by molar-refractivity contribution is 0.343. The van der Waals surface area contributed by atoms with Gasteiger partial charge in [-0.1, -0.05) is 60.3 Å². The maximum atomic E-state index is 9.04. The van der Waals surface area contributed by atoms with Crippen molar-refractivity contribution in [2.24, 2.45) is 0 Å². The summed E-state index contributed by atoms with van der Waals surface area (Å²) in [6, 6.07) is 27.5. The highest BCUT2D eigenvalue weighted by atomic mass is 32.2. The standard InChI is InChI=1S/C26H24N4O2S/c1-31-24-13-6-5-12-23(24)25-28-29-26(30(25)15-14-20-8-3-2-4-9-20)33-17-16-32-22-11-7-10-21(18-22)19-27/h2-13,18H,14-17H2,1H3. The molecule has 0 aliphatic carbocycles. The normalized spacial score (nSPS) is 10.5. The fourth-order valence-corrected chi connectivity index (χ4v) is 4.24. The first-order chi connectivity index (χ1) is 16.3. The maximum Gasteiger partial charge on any atom is 0.191 e. The Morgan fingerprint density at radius 2 is 1.79 bits per heavy atom. The van der Waals surface area contributed by atoms with Crippen molar-refractivity contribution in [3.63, 3.8) is 0 Å². The highest BCUT2D eigenvalue weighted by Crippen LogP contribution is 2.31. The molecule has 7 heteroatoms. The summed E-state index contributed by atoms with van der Waals surface area (Å²) in [6.45, 7) is 1.24. The Morgan fingerprint density at radius 3 is 2.61 bits per heavy atom. The number of nitriles is 1. The molecule has 0 saturated carbocycles.